The first-order chi connectivity index (χ1) is 15.0. The molecule has 0 saturated heterocycles. The first-order valence-electron chi connectivity index (χ1n) is 9.89. The van der Waals surface area contributed by atoms with Gasteiger partial charge in [0.1, 0.15) is 6.54 Å². The number of anilines is 1. The molecule has 0 saturated carbocycles. The largest absolute Gasteiger partial charge is 0.348 e. The Hall–Kier alpha value is -4.01. The van der Waals surface area contributed by atoms with Gasteiger partial charge in [-0.25, -0.2) is 4.98 Å². The Kier molecular flexibility index (Phi) is 5.74. The average Bonchev–Trinajstić information content (AvgIpc) is 3.41. The van der Waals surface area contributed by atoms with E-state index in [1.54, 1.807) is 35.3 Å². The molecule has 4 rings (SSSR count). The van der Waals surface area contributed by atoms with Gasteiger partial charge in [-0.1, -0.05) is 31.1 Å². The molecule has 0 aliphatic carbocycles. The highest BCUT2D eigenvalue weighted by Gasteiger charge is 2.15. The minimum Gasteiger partial charge on any atom is -0.348 e. The lowest BCUT2D eigenvalue weighted by Gasteiger charge is -2.09. The van der Waals surface area contributed by atoms with Crippen LogP contribution in [0.1, 0.15) is 41.4 Å². The number of fused-ring (bicyclic) bond motifs is 1. The van der Waals surface area contributed by atoms with Crippen molar-refractivity contribution >= 4 is 28.6 Å². The molecule has 9 heteroatoms. The Morgan fingerprint density at radius 2 is 2.06 bits per heavy atom. The highest BCUT2D eigenvalue weighted by Crippen LogP contribution is 2.24. The van der Waals surface area contributed by atoms with Crippen LogP contribution in [0.2, 0.25) is 0 Å². The van der Waals surface area contributed by atoms with E-state index in [1.807, 2.05) is 32.0 Å². The quantitative estimate of drug-likeness (QED) is 0.477. The van der Waals surface area contributed by atoms with Gasteiger partial charge in [-0.3, -0.25) is 14.3 Å². The number of hydrogen-bond donors (Lipinski definition) is 2. The smallest absolute Gasteiger partial charge is 0.257 e. The minimum absolute atomic E-state index is 0.130. The van der Waals surface area contributed by atoms with Crippen LogP contribution in [0.25, 0.3) is 11.1 Å². The molecule has 0 spiro atoms. The molecule has 0 fully saturated rings. The first-order valence-corrected chi connectivity index (χ1v) is 9.89. The van der Waals surface area contributed by atoms with Gasteiger partial charge in [0.15, 0.2) is 0 Å². The van der Waals surface area contributed by atoms with Crippen LogP contribution in [0.3, 0.4) is 0 Å². The Morgan fingerprint density at radius 1 is 1.19 bits per heavy atom. The number of carbonyl (C=O) groups excluding carboxylic acids is 2. The van der Waals surface area contributed by atoms with Crippen LogP contribution in [0.15, 0.2) is 59.5 Å². The lowest BCUT2D eigenvalue weighted by Crippen LogP contribution is -2.23. The van der Waals surface area contributed by atoms with Crippen LogP contribution in [0.5, 0.6) is 0 Å². The topological polar surface area (TPSA) is 115 Å². The molecule has 2 amide bonds. The third-order valence-electron chi connectivity index (χ3n) is 4.70. The third-order valence-corrected chi connectivity index (χ3v) is 4.70. The number of hydrogen-bond acceptors (Lipinski definition) is 6. The summed E-state index contributed by atoms with van der Waals surface area (Å²) in [4.78, 5) is 29.0. The van der Waals surface area contributed by atoms with Gasteiger partial charge in [0.25, 0.3) is 11.6 Å². The van der Waals surface area contributed by atoms with Crippen molar-refractivity contribution in [1.29, 1.82) is 0 Å². The monoisotopic (exact) mass is 418 g/mol. The van der Waals surface area contributed by atoms with E-state index in [-0.39, 0.29) is 24.3 Å². The summed E-state index contributed by atoms with van der Waals surface area (Å²) in [5.41, 5.74) is 3.13. The molecule has 0 unspecified atom stereocenters. The number of amides is 2. The van der Waals surface area contributed by atoms with Gasteiger partial charge in [-0.2, -0.15) is 5.10 Å². The van der Waals surface area contributed by atoms with Crippen LogP contribution < -0.4 is 10.6 Å². The van der Waals surface area contributed by atoms with E-state index in [0.717, 1.165) is 16.6 Å². The Labute approximate surface area is 178 Å². The van der Waals surface area contributed by atoms with Crippen molar-refractivity contribution in [3.8, 4) is 0 Å². The molecular formula is C22H22N6O3. The maximum Gasteiger partial charge on any atom is 0.257 e. The summed E-state index contributed by atoms with van der Waals surface area (Å²) in [7, 11) is 0. The number of carbonyl (C=O) groups is 2. The normalized spacial score (nSPS) is 11.1. The fraction of sp³-hybridized carbons (Fsp3) is 0.227. The van der Waals surface area contributed by atoms with Crippen LogP contribution in [-0.2, 0) is 17.9 Å². The van der Waals surface area contributed by atoms with Gasteiger partial charge in [0, 0.05) is 30.8 Å². The molecule has 3 heterocycles. The van der Waals surface area contributed by atoms with Crippen molar-refractivity contribution in [2.45, 2.75) is 32.9 Å². The number of rotatable bonds is 7. The third kappa shape index (κ3) is 4.77. The Morgan fingerprint density at radius 3 is 2.84 bits per heavy atom. The second-order valence-corrected chi connectivity index (χ2v) is 7.43. The van der Waals surface area contributed by atoms with Gasteiger partial charge in [0.05, 0.1) is 16.6 Å². The zero-order valence-corrected chi connectivity index (χ0v) is 17.2. The molecule has 2 N–H and O–H groups in total. The summed E-state index contributed by atoms with van der Waals surface area (Å²) in [6.45, 7) is 4.45. The zero-order valence-electron chi connectivity index (χ0n) is 17.2. The average molecular weight is 418 g/mol. The SMILES string of the molecule is CC(C)c1noc2ncc(C(=O)NCc3cccc(NC(=O)Cn4cccn4)c3)cc12. The van der Waals surface area contributed by atoms with E-state index < -0.39 is 0 Å². The predicted molar refractivity (Wildman–Crippen MR) is 114 cm³/mol. The standard InChI is InChI=1S/C22H22N6O3/c1-14(2)20-18-10-16(12-24-22(18)31-27-20)21(30)23-11-15-5-3-6-17(9-15)26-19(29)13-28-8-4-7-25-28/h3-10,12,14H,11,13H2,1-2H3,(H,23,30)(H,26,29). The van der Waals surface area contributed by atoms with Gasteiger partial charge in [-0.05, 0) is 35.7 Å². The molecule has 158 valence electrons. The summed E-state index contributed by atoms with van der Waals surface area (Å²) in [6, 6.07) is 10.8. The fourth-order valence-electron chi connectivity index (χ4n) is 3.18. The molecular weight excluding hydrogens is 396 g/mol. The Bertz CT molecular complexity index is 1210. The van der Waals surface area contributed by atoms with E-state index in [2.05, 4.69) is 25.9 Å². The van der Waals surface area contributed by atoms with Gasteiger partial charge < -0.3 is 15.2 Å². The fourth-order valence-corrected chi connectivity index (χ4v) is 3.18. The van der Waals surface area contributed by atoms with E-state index in [4.69, 9.17) is 4.52 Å². The molecule has 1 aromatic carbocycles. The van der Waals surface area contributed by atoms with Crippen LogP contribution in [0, 0.1) is 0 Å². The number of nitrogens with one attached hydrogen (secondary N) is 2. The second-order valence-electron chi connectivity index (χ2n) is 7.43. The molecule has 0 aliphatic rings. The van der Waals surface area contributed by atoms with Crippen LogP contribution >= 0.6 is 0 Å². The van der Waals surface area contributed by atoms with Gasteiger partial charge >= 0.3 is 0 Å². The van der Waals surface area contributed by atoms with E-state index in [1.165, 1.54) is 6.20 Å². The summed E-state index contributed by atoms with van der Waals surface area (Å²) in [5, 5.41) is 14.5. The highest BCUT2D eigenvalue weighted by atomic mass is 16.5. The highest BCUT2D eigenvalue weighted by molar-refractivity contribution is 5.97. The maximum absolute atomic E-state index is 12.6. The van der Waals surface area contributed by atoms with Gasteiger partial charge in [0.2, 0.25) is 5.91 Å². The zero-order chi connectivity index (χ0) is 21.8. The summed E-state index contributed by atoms with van der Waals surface area (Å²) < 4.78 is 6.77. The van der Waals surface area contributed by atoms with Crippen LogP contribution in [-0.4, -0.2) is 31.7 Å². The predicted octanol–water partition coefficient (Wildman–Crippen LogP) is 3.11. The summed E-state index contributed by atoms with van der Waals surface area (Å²) in [6.07, 6.45) is 4.82. The molecule has 0 radical (unpaired) electrons. The maximum atomic E-state index is 12.6. The van der Waals surface area contributed by atoms with Crippen molar-refractivity contribution in [3.05, 3.63) is 71.8 Å². The van der Waals surface area contributed by atoms with Crippen molar-refractivity contribution in [3.63, 3.8) is 0 Å². The van der Waals surface area contributed by atoms with E-state index in [0.29, 0.717) is 23.5 Å². The molecule has 0 aliphatic heterocycles. The lowest BCUT2D eigenvalue weighted by molar-refractivity contribution is -0.116. The number of nitrogens with zero attached hydrogens (tertiary/aromatic N) is 4. The minimum atomic E-state index is -0.251. The lowest BCUT2D eigenvalue weighted by atomic mass is 10.1. The number of pyridine rings is 1. The molecule has 9 nitrogen and oxygen atoms in total. The molecule has 0 atom stereocenters. The van der Waals surface area contributed by atoms with Crippen molar-refractivity contribution in [2.24, 2.45) is 0 Å². The Balaban J connectivity index is 1.39. The van der Waals surface area contributed by atoms with Crippen molar-refractivity contribution < 1.29 is 14.1 Å². The van der Waals surface area contributed by atoms with Gasteiger partial charge in [-0.15, -0.1) is 0 Å². The second kappa shape index (κ2) is 8.78. The van der Waals surface area contributed by atoms with Crippen LogP contribution in [0.4, 0.5) is 5.69 Å². The van der Waals surface area contributed by atoms with E-state index >= 15 is 0 Å². The number of benzene rings is 1. The molecule has 3 aromatic heterocycles. The van der Waals surface area contributed by atoms with E-state index in [9.17, 15) is 9.59 Å². The summed E-state index contributed by atoms with van der Waals surface area (Å²) >= 11 is 0. The first kappa shape index (κ1) is 20.3. The van der Waals surface area contributed by atoms with Crippen molar-refractivity contribution in [2.75, 3.05) is 5.32 Å². The molecule has 0 bridgehead atoms. The van der Waals surface area contributed by atoms with Crippen molar-refractivity contribution in [1.82, 2.24) is 25.2 Å². The molecule has 4 aromatic rings. The number of aromatic nitrogens is 4. The molecule has 31 heavy (non-hydrogen) atoms. The summed E-state index contributed by atoms with van der Waals surface area (Å²) in [5.74, 6) is -0.273.